The average molecular weight is 258 g/mol. The lowest BCUT2D eigenvalue weighted by molar-refractivity contribution is -0.0991. The molecule has 0 radical (unpaired) electrons. The van der Waals surface area contributed by atoms with Gasteiger partial charge in [0, 0.05) is 0 Å². The summed E-state index contributed by atoms with van der Waals surface area (Å²) in [6.07, 6.45) is -2.46. The Morgan fingerprint density at radius 2 is 2.33 bits per heavy atom. The Kier molecular flexibility index (Phi) is 3.07. The number of nitrogen functional groups attached to an aromatic ring is 1. The minimum Gasteiger partial charge on any atom is -0.394 e. The van der Waals surface area contributed by atoms with Crippen molar-refractivity contribution in [1.29, 1.82) is 0 Å². The summed E-state index contributed by atoms with van der Waals surface area (Å²) in [5, 5.41) is 28.9. The molecule has 5 N–H and O–H groups in total. The maximum Gasteiger partial charge on any atom is 0.354 e. The van der Waals surface area contributed by atoms with Crippen LogP contribution in [0.3, 0.4) is 0 Å². The van der Waals surface area contributed by atoms with Crippen molar-refractivity contribution in [1.82, 2.24) is 14.5 Å². The smallest absolute Gasteiger partial charge is 0.354 e. The largest absolute Gasteiger partial charge is 0.394 e. The average Bonchev–Trinajstić information content (AvgIpc) is 2.52. The van der Waals surface area contributed by atoms with E-state index < -0.39 is 36.3 Å². The van der Waals surface area contributed by atoms with E-state index in [-0.39, 0.29) is 5.95 Å². The van der Waals surface area contributed by atoms with Gasteiger partial charge in [-0.3, -0.25) is 4.57 Å². The third-order valence-electron chi connectivity index (χ3n) is 2.93. The van der Waals surface area contributed by atoms with Crippen LogP contribution >= 0.6 is 0 Å². The van der Waals surface area contributed by atoms with Gasteiger partial charge in [0.05, 0.1) is 6.61 Å². The summed E-state index contributed by atoms with van der Waals surface area (Å²) in [5.74, 6) is -0.201. The van der Waals surface area contributed by atoms with Crippen LogP contribution in [-0.4, -0.2) is 54.3 Å². The second kappa shape index (κ2) is 4.28. The molecular formula is C9H14N4O5. The number of ether oxygens (including phenoxy) is 1. The van der Waals surface area contributed by atoms with E-state index in [1.807, 2.05) is 0 Å². The molecule has 1 aromatic heterocycles. The van der Waals surface area contributed by atoms with Gasteiger partial charge in [-0.25, -0.2) is 9.78 Å². The van der Waals surface area contributed by atoms with Crippen molar-refractivity contribution in [3.63, 3.8) is 0 Å². The number of anilines is 1. The third kappa shape index (κ3) is 1.86. The van der Waals surface area contributed by atoms with Gasteiger partial charge in [0.2, 0.25) is 5.95 Å². The number of aromatic nitrogens is 3. The van der Waals surface area contributed by atoms with Crippen LogP contribution in [0, 0.1) is 0 Å². The van der Waals surface area contributed by atoms with Crippen LogP contribution in [0.1, 0.15) is 13.2 Å². The first-order valence-electron chi connectivity index (χ1n) is 5.25. The molecule has 0 amide bonds. The van der Waals surface area contributed by atoms with E-state index in [0.29, 0.717) is 0 Å². The molecule has 0 bridgehead atoms. The molecule has 0 aromatic carbocycles. The Labute approximate surface area is 101 Å². The molecule has 0 saturated carbocycles. The van der Waals surface area contributed by atoms with Crippen LogP contribution in [0.2, 0.25) is 0 Å². The zero-order valence-electron chi connectivity index (χ0n) is 9.59. The van der Waals surface area contributed by atoms with E-state index in [2.05, 4.69) is 9.97 Å². The zero-order valence-corrected chi connectivity index (χ0v) is 9.59. The van der Waals surface area contributed by atoms with Gasteiger partial charge < -0.3 is 25.8 Å². The van der Waals surface area contributed by atoms with E-state index in [9.17, 15) is 15.0 Å². The van der Waals surface area contributed by atoms with Gasteiger partial charge in [-0.05, 0) is 6.92 Å². The molecule has 1 aliphatic heterocycles. The van der Waals surface area contributed by atoms with E-state index in [1.165, 1.54) is 6.92 Å². The number of aliphatic hydroxyl groups is 3. The Morgan fingerprint density at radius 3 is 2.83 bits per heavy atom. The van der Waals surface area contributed by atoms with E-state index in [1.54, 1.807) is 0 Å². The van der Waals surface area contributed by atoms with Crippen molar-refractivity contribution in [3.05, 3.63) is 16.8 Å². The molecule has 1 aliphatic rings. The number of nitrogens with two attached hydrogens (primary N) is 1. The topological polar surface area (TPSA) is 144 Å². The Bertz CT molecular complexity index is 502. The SMILES string of the molecule is CC1(O)[C@@H](O)[C@@H](CO)O[C@H]1n1cnc(N)nc1=O. The quantitative estimate of drug-likeness (QED) is 0.446. The van der Waals surface area contributed by atoms with Crippen molar-refractivity contribution in [2.75, 3.05) is 12.3 Å². The van der Waals surface area contributed by atoms with Gasteiger partial charge in [-0.15, -0.1) is 0 Å². The number of rotatable bonds is 2. The standard InChI is InChI=1S/C9H14N4O5/c1-9(17)5(15)4(2-14)18-6(9)13-3-11-7(10)12-8(13)16/h3-6,14-15,17H,2H2,1H3,(H2,10,12,16)/t4-,5+,6-,9?/m1/s1. The minimum absolute atomic E-state index is 0.201. The van der Waals surface area contributed by atoms with Crippen LogP contribution in [0.4, 0.5) is 5.95 Å². The van der Waals surface area contributed by atoms with Gasteiger partial charge in [0.25, 0.3) is 0 Å². The highest BCUT2D eigenvalue weighted by Crippen LogP contribution is 2.36. The first kappa shape index (κ1) is 12.9. The Morgan fingerprint density at radius 1 is 1.67 bits per heavy atom. The molecule has 1 fully saturated rings. The molecule has 4 atom stereocenters. The van der Waals surface area contributed by atoms with Crippen molar-refractivity contribution in [2.24, 2.45) is 0 Å². The second-order valence-electron chi connectivity index (χ2n) is 4.28. The predicted molar refractivity (Wildman–Crippen MR) is 58.3 cm³/mol. The van der Waals surface area contributed by atoms with Gasteiger partial charge in [0.1, 0.15) is 24.1 Å². The normalized spacial score (nSPS) is 35.9. The lowest BCUT2D eigenvalue weighted by Gasteiger charge is -2.26. The molecular weight excluding hydrogens is 244 g/mol. The first-order chi connectivity index (χ1) is 8.37. The zero-order chi connectivity index (χ0) is 13.5. The summed E-state index contributed by atoms with van der Waals surface area (Å²) >= 11 is 0. The number of hydrogen-bond donors (Lipinski definition) is 4. The summed E-state index contributed by atoms with van der Waals surface area (Å²) in [6.45, 7) is 0.805. The highest BCUT2D eigenvalue weighted by atomic mass is 16.6. The molecule has 1 aromatic rings. The van der Waals surface area contributed by atoms with Crippen molar-refractivity contribution < 1.29 is 20.1 Å². The fourth-order valence-electron chi connectivity index (χ4n) is 1.91. The number of nitrogens with zero attached hydrogens (tertiary/aromatic N) is 3. The lowest BCUT2D eigenvalue weighted by atomic mass is 9.97. The summed E-state index contributed by atoms with van der Waals surface area (Å²) in [6, 6.07) is 0. The first-order valence-corrected chi connectivity index (χ1v) is 5.25. The predicted octanol–water partition coefficient (Wildman–Crippen LogP) is -2.78. The molecule has 18 heavy (non-hydrogen) atoms. The number of hydrogen-bond acceptors (Lipinski definition) is 8. The van der Waals surface area contributed by atoms with E-state index >= 15 is 0 Å². The molecule has 9 nitrogen and oxygen atoms in total. The molecule has 1 unspecified atom stereocenters. The summed E-state index contributed by atoms with van der Waals surface area (Å²) < 4.78 is 6.15. The fourth-order valence-corrected chi connectivity index (χ4v) is 1.91. The van der Waals surface area contributed by atoms with Gasteiger partial charge in [-0.2, -0.15) is 4.98 Å². The van der Waals surface area contributed by atoms with Crippen LogP contribution in [0.25, 0.3) is 0 Å². The molecule has 2 rings (SSSR count). The summed E-state index contributed by atoms with van der Waals surface area (Å²) in [7, 11) is 0. The molecule has 9 heteroatoms. The van der Waals surface area contributed by atoms with Crippen molar-refractivity contribution >= 4 is 5.95 Å². The maximum atomic E-state index is 11.6. The van der Waals surface area contributed by atoms with Gasteiger partial charge in [-0.1, -0.05) is 0 Å². The van der Waals surface area contributed by atoms with Crippen LogP contribution in [0.15, 0.2) is 11.1 Å². The van der Waals surface area contributed by atoms with Gasteiger partial charge >= 0.3 is 5.69 Å². The highest BCUT2D eigenvalue weighted by Gasteiger charge is 2.53. The molecule has 1 saturated heterocycles. The van der Waals surface area contributed by atoms with E-state index in [4.69, 9.17) is 15.6 Å². The fraction of sp³-hybridized carbons (Fsp3) is 0.667. The third-order valence-corrected chi connectivity index (χ3v) is 2.93. The monoisotopic (exact) mass is 258 g/mol. The van der Waals surface area contributed by atoms with Gasteiger partial charge in [0.15, 0.2) is 6.23 Å². The molecule has 0 spiro atoms. The van der Waals surface area contributed by atoms with E-state index in [0.717, 1.165) is 10.9 Å². The Balaban J connectivity index is 2.42. The minimum atomic E-state index is -1.75. The molecule has 2 heterocycles. The van der Waals surface area contributed by atoms with Crippen LogP contribution in [-0.2, 0) is 4.74 Å². The molecule has 0 aliphatic carbocycles. The molecule has 100 valence electrons. The van der Waals surface area contributed by atoms with Crippen molar-refractivity contribution in [2.45, 2.75) is 31.0 Å². The van der Waals surface area contributed by atoms with Crippen LogP contribution < -0.4 is 11.4 Å². The highest BCUT2D eigenvalue weighted by molar-refractivity contribution is 5.10. The maximum absolute atomic E-state index is 11.6. The van der Waals surface area contributed by atoms with Crippen molar-refractivity contribution in [3.8, 4) is 0 Å². The summed E-state index contributed by atoms with van der Waals surface area (Å²) in [4.78, 5) is 18.6. The second-order valence-corrected chi connectivity index (χ2v) is 4.28. The summed E-state index contributed by atoms with van der Waals surface area (Å²) in [5.41, 5.74) is 2.73. The van der Waals surface area contributed by atoms with Crippen LogP contribution in [0.5, 0.6) is 0 Å². The number of aliphatic hydroxyl groups excluding tert-OH is 2. The lowest BCUT2D eigenvalue weighted by Crippen LogP contribution is -2.46. The Hall–Kier alpha value is -1.55.